The van der Waals surface area contributed by atoms with E-state index in [4.69, 9.17) is 5.26 Å². The van der Waals surface area contributed by atoms with Crippen LogP contribution in [0.4, 0.5) is 0 Å². The van der Waals surface area contributed by atoms with E-state index in [-0.39, 0.29) is 0 Å². The Bertz CT molecular complexity index is 158. The maximum absolute atomic E-state index is 8.22. The van der Waals surface area contributed by atoms with E-state index in [1.165, 1.54) is 0 Å². The fourth-order valence-corrected chi connectivity index (χ4v) is 0.402. The Morgan fingerprint density at radius 1 is 1.62 bits per heavy atom. The molecule has 0 N–H and O–H groups in total. The third kappa shape index (κ3) is 3.17. The molecule has 0 rings (SSSR count). The van der Waals surface area contributed by atoms with Crippen LogP contribution in [-0.2, 0) is 0 Å². The molecule has 0 atom stereocenters. The van der Waals surface area contributed by atoms with Gasteiger partial charge in [0.2, 0.25) is 0 Å². The first-order valence-electron chi connectivity index (χ1n) is 2.40. The molecule has 0 aliphatic rings. The van der Waals surface area contributed by atoms with Gasteiger partial charge in [-0.3, -0.25) is 0 Å². The van der Waals surface area contributed by atoms with E-state index in [1.807, 2.05) is 13.0 Å². The van der Waals surface area contributed by atoms with E-state index in [0.29, 0.717) is 5.57 Å². The number of rotatable bonds is 1. The average molecular weight is 107 g/mol. The molecule has 0 aromatic heterocycles. The lowest BCUT2D eigenvalue weighted by atomic mass is 10.2. The highest BCUT2D eigenvalue weighted by atomic mass is 14.2. The number of nitriles is 1. The van der Waals surface area contributed by atoms with Gasteiger partial charge in [-0.2, -0.15) is 5.26 Å². The van der Waals surface area contributed by atoms with E-state index in [1.54, 1.807) is 13.0 Å². The van der Waals surface area contributed by atoms with Crippen molar-refractivity contribution in [3.05, 3.63) is 23.8 Å². The molecule has 1 nitrogen and oxygen atoms in total. The quantitative estimate of drug-likeness (QED) is 0.371. The smallest absolute Gasteiger partial charge is 0.0944 e. The molecule has 0 amide bonds. The first kappa shape index (κ1) is 6.97. The highest BCUT2D eigenvalue weighted by Gasteiger charge is 1.80. The normalized spacial score (nSPS) is 10.4. The molecule has 0 aliphatic heterocycles. The topological polar surface area (TPSA) is 23.8 Å². The predicted molar refractivity (Wildman–Crippen MR) is 34.2 cm³/mol. The minimum atomic E-state index is 0.706. The average Bonchev–Trinajstić information content (AvgIpc) is 1.65. The van der Waals surface area contributed by atoms with Crippen molar-refractivity contribution in [2.75, 3.05) is 0 Å². The van der Waals surface area contributed by atoms with Crippen LogP contribution in [0, 0.1) is 11.3 Å². The van der Waals surface area contributed by atoms with Crippen molar-refractivity contribution in [2.45, 2.75) is 13.8 Å². The molecular weight excluding hydrogens is 98.1 g/mol. The fourth-order valence-electron chi connectivity index (χ4n) is 0.402. The van der Waals surface area contributed by atoms with Crippen LogP contribution >= 0.6 is 0 Å². The van der Waals surface area contributed by atoms with Gasteiger partial charge in [0.25, 0.3) is 0 Å². The van der Waals surface area contributed by atoms with Crippen molar-refractivity contribution in [2.24, 2.45) is 0 Å². The summed E-state index contributed by atoms with van der Waals surface area (Å²) in [6.07, 6.45) is 1.75. The molecule has 42 valence electrons. The van der Waals surface area contributed by atoms with Crippen LogP contribution < -0.4 is 0 Å². The fraction of sp³-hybridized carbons (Fsp3) is 0.286. The van der Waals surface area contributed by atoms with Gasteiger partial charge in [-0.25, -0.2) is 0 Å². The van der Waals surface area contributed by atoms with Crippen molar-refractivity contribution >= 4 is 0 Å². The van der Waals surface area contributed by atoms with Crippen molar-refractivity contribution < 1.29 is 0 Å². The maximum atomic E-state index is 8.22. The number of nitrogens with zero attached hydrogens (tertiary/aromatic N) is 1. The molecule has 0 fully saturated rings. The Morgan fingerprint density at radius 3 is 2.25 bits per heavy atom. The molecule has 0 aliphatic carbocycles. The van der Waals surface area contributed by atoms with Gasteiger partial charge in [-0.05, 0) is 19.9 Å². The predicted octanol–water partition coefficient (Wildman–Crippen LogP) is 2.03. The molecule has 0 saturated carbocycles. The summed E-state index contributed by atoms with van der Waals surface area (Å²) in [6, 6.07) is 2.00. The summed E-state index contributed by atoms with van der Waals surface area (Å²) in [4.78, 5) is 0. The molecule has 0 spiro atoms. The molecular formula is C7H9N. The molecule has 1 heteroatoms. The first-order chi connectivity index (χ1) is 3.66. The summed E-state index contributed by atoms with van der Waals surface area (Å²) in [7, 11) is 0. The zero-order valence-corrected chi connectivity index (χ0v) is 5.23. The molecule has 0 aromatic rings. The number of hydrogen-bond donors (Lipinski definition) is 0. The molecule has 0 bridgehead atoms. The lowest BCUT2D eigenvalue weighted by Gasteiger charge is -1.83. The summed E-state index contributed by atoms with van der Waals surface area (Å²) in [5.41, 5.74) is 1.63. The molecule has 8 heavy (non-hydrogen) atoms. The van der Waals surface area contributed by atoms with E-state index in [0.717, 1.165) is 5.57 Å². The van der Waals surface area contributed by atoms with Crippen LogP contribution in [0.25, 0.3) is 0 Å². The van der Waals surface area contributed by atoms with Crippen LogP contribution in [0.2, 0.25) is 0 Å². The van der Waals surface area contributed by atoms with Crippen LogP contribution in [0.5, 0.6) is 0 Å². The minimum Gasteiger partial charge on any atom is -0.193 e. The van der Waals surface area contributed by atoms with Crippen molar-refractivity contribution in [1.29, 1.82) is 5.26 Å². The third-order valence-electron chi connectivity index (χ3n) is 0.639. The minimum absolute atomic E-state index is 0.706. The Morgan fingerprint density at radius 2 is 2.12 bits per heavy atom. The van der Waals surface area contributed by atoms with Gasteiger partial charge < -0.3 is 0 Å². The number of hydrogen-bond acceptors (Lipinski definition) is 1. The first-order valence-corrected chi connectivity index (χ1v) is 2.40. The molecule has 0 saturated heterocycles. The van der Waals surface area contributed by atoms with E-state index in [2.05, 4.69) is 6.58 Å². The van der Waals surface area contributed by atoms with Crippen molar-refractivity contribution in [3.8, 4) is 6.07 Å². The zero-order chi connectivity index (χ0) is 6.57. The summed E-state index contributed by atoms with van der Waals surface area (Å²) in [5.74, 6) is 0. The second kappa shape index (κ2) is 3.04. The van der Waals surface area contributed by atoms with E-state index >= 15 is 0 Å². The van der Waals surface area contributed by atoms with Crippen LogP contribution in [-0.4, -0.2) is 0 Å². The van der Waals surface area contributed by atoms with Gasteiger partial charge in [0.15, 0.2) is 0 Å². The molecule has 0 heterocycles. The lowest BCUT2D eigenvalue weighted by molar-refractivity contribution is 1.41. The van der Waals surface area contributed by atoms with Crippen molar-refractivity contribution in [1.82, 2.24) is 0 Å². The van der Waals surface area contributed by atoms with Gasteiger partial charge >= 0.3 is 0 Å². The third-order valence-corrected chi connectivity index (χ3v) is 0.639. The summed E-state index contributed by atoms with van der Waals surface area (Å²) in [5, 5.41) is 8.22. The van der Waals surface area contributed by atoms with Crippen LogP contribution in [0.3, 0.4) is 0 Å². The monoisotopic (exact) mass is 107 g/mol. The van der Waals surface area contributed by atoms with Crippen molar-refractivity contribution in [3.63, 3.8) is 0 Å². The van der Waals surface area contributed by atoms with E-state index < -0.39 is 0 Å². The summed E-state index contributed by atoms with van der Waals surface area (Å²) in [6.45, 7) is 7.24. The highest BCUT2D eigenvalue weighted by molar-refractivity contribution is 5.26. The standard InChI is InChI=1S/C7H9N/c1-6(2)4-7(3)5-8/h4H,1H2,2-3H3/b7-4+. The van der Waals surface area contributed by atoms with E-state index in [9.17, 15) is 0 Å². The van der Waals surface area contributed by atoms with Gasteiger partial charge in [0, 0.05) is 5.57 Å². The zero-order valence-electron chi connectivity index (χ0n) is 5.23. The molecule has 0 radical (unpaired) electrons. The Kier molecular flexibility index (Phi) is 2.64. The Labute approximate surface area is 49.9 Å². The lowest BCUT2D eigenvalue weighted by Crippen LogP contribution is -1.67. The van der Waals surface area contributed by atoms with Crippen LogP contribution in [0.1, 0.15) is 13.8 Å². The van der Waals surface area contributed by atoms with Gasteiger partial charge in [0.05, 0.1) is 6.07 Å². The maximum Gasteiger partial charge on any atom is 0.0944 e. The van der Waals surface area contributed by atoms with Crippen LogP contribution in [0.15, 0.2) is 23.8 Å². The van der Waals surface area contributed by atoms with Gasteiger partial charge in [0.1, 0.15) is 0 Å². The SMILES string of the molecule is C=C(C)/C=C(\C)C#N. The summed E-state index contributed by atoms with van der Waals surface area (Å²) >= 11 is 0. The van der Waals surface area contributed by atoms with Gasteiger partial charge in [-0.15, -0.1) is 0 Å². The Hall–Kier alpha value is -1.03. The second-order valence-electron chi connectivity index (χ2n) is 1.79. The largest absolute Gasteiger partial charge is 0.193 e. The Balaban J connectivity index is 4.01. The summed E-state index contributed by atoms with van der Waals surface area (Å²) < 4.78 is 0. The molecule has 0 aromatic carbocycles. The highest BCUT2D eigenvalue weighted by Crippen LogP contribution is 1.95. The van der Waals surface area contributed by atoms with Gasteiger partial charge in [-0.1, -0.05) is 12.2 Å². The molecule has 0 unspecified atom stereocenters. The number of allylic oxidation sites excluding steroid dienone is 3. The second-order valence-corrected chi connectivity index (χ2v) is 1.79.